The van der Waals surface area contributed by atoms with Gasteiger partial charge in [0.1, 0.15) is 0 Å². The predicted octanol–water partition coefficient (Wildman–Crippen LogP) is 2.05. The van der Waals surface area contributed by atoms with Gasteiger partial charge in [0.05, 0.1) is 12.1 Å². The number of hydrogen-bond donors (Lipinski definition) is 1. The van der Waals surface area contributed by atoms with Gasteiger partial charge in [0.15, 0.2) is 5.82 Å². The minimum atomic E-state index is -0.819. The first-order chi connectivity index (χ1) is 9.16. The lowest BCUT2D eigenvalue weighted by Crippen LogP contribution is -2.22. The number of anilines is 1. The quantitative estimate of drug-likeness (QED) is 0.888. The Morgan fingerprint density at radius 2 is 1.89 bits per heavy atom. The molecule has 2 aromatic rings. The van der Waals surface area contributed by atoms with Crippen molar-refractivity contribution < 1.29 is 9.90 Å². The minimum absolute atomic E-state index is 0.0820. The lowest BCUT2D eigenvalue weighted by atomic mass is 10.1. The second-order valence-electron chi connectivity index (χ2n) is 4.21. The van der Waals surface area contributed by atoms with Gasteiger partial charge in [-0.3, -0.25) is 4.79 Å². The average molecular weight is 257 g/mol. The summed E-state index contributed by atoms with van der Waals surface area (Å²) in [6, 6.07) is 13.5. The highest BCUT2D eigenvalue weighted by atomic mass is 16.4. The molecule has 5 nitrogen and oxygen atoms in total. The fourth-order valence-corrected chi connectivity index (χ4v) is 1.67. The van der Waals surface area contributed by atoms with E-state index in [4.69, 9.17) is 5.11 Å². The summed E-state index contributed by atoms with van der Waals surface area (Å²) in [6.07, 6.45) is 0.0820. The highest BCUT2D eigenvalue weighted by molar-refractivity contribution is 5.67. The Morgan fingerprint density at radius 3 is 2.47 bits per heavy atom. The molecular weight excluding hydrogens is 242 g/mol. The Morgan fingerprint density at radius 1 is 1.16 bits per heavy atom. The van der Waals surface area contributed by atoms with Crippen molar-refractivity contribution in [3.8, 4) is 11.3 Å². The maximum Gasteiger partial charge on any atom is 0.305 e. The Labute approximate surface area is 111 Å². The van der Waals surface area contributed by atoms with E-state index in [1.54, 1.807) is 11.9 Å². The van der Waals surface area contributed by atoms with Gasteiger partial charge in [0.2, 0.25) is 0 Å². The number of nitrogens with zero attached hydrogens (tertiary/aromatic N) is 3. The lowest BCUT2D eigenvalue weighted by molar-refractivity contribution is -0.136. The van der Waals surface area contributed by atoms with Crippen molar-refractivity contribution in [3.05, 3.63) is 42.5 Å². The van der Waals surface area contributed by atoms with Crippen molar-refractivity contribution in [2.45, 2.75) is 6.42 Å². The van der Waals surface area contributed by atoms with Crippen LogP contribution < -0.4 is 4.90 Å². The lowest BCUT2D eigenvalue weighted by Gasteiger charge is -2.16. The smallest absolute Gasteiger partial charge is 0.305 e. The number of aromatic nitrogens is 2. The molecule has 0 saturated carbocycles. The van der Waals surface area contributed by atoms with Crippen LogP contribution in [0.25, 0.3) is 11.3 Å². The molecule has 0 saturated heterocycles. The Balaban J connectivity index is 2.08. The third kappa shape index (κ3) is 3.51. The molecule has 1 aromatic carbocycles. The zero-order chi connectivity index (χ0) is 13.7. The number of carbonyl (C=O) groups is 1. The first kappa shape index (κ1) is 13.0. The van der Waals surface area contributed by atoms with Gasteiger partial charge in [0, 0.05) is 19.2 Å². The van der Waals surface area contributed by atoms with E-state index in [0.29, 0.717) is 12.4 Å². The normalized spacial score (nSPS) is 10.2. The molecule has 5 heteroatoms. The van der Waals surface area contributed by atoms with Gasteiger partial charge in [0.25, 0.3) is 0 Å². The number of hydrogen-bond acceptors (Lipinski definition) is 4. The molecule has 1 N–H and O–H groups in total. The van der Waals surface area contributed by atoms with E-state index in [0.717, 1.165) is 11.3 Å². The summed E-state index contributed by atoms with van der Waals surface area (Å²) in [5.41, 5.74) is 1.81. The summed E-state index contributed by atoms with van der Waals surface area (Å²) in [7, 11) is 1.80. The van der Waals surface area contributed by atoms with Crippen molar-refractivity contribution in [1.82, 2.24) is 10.2 Å². The second-order valence-corrected chi connectivity index (χ2v) is 4.21. The van der Waals surface area contributed by atoms with Gasteiger partial charge < -0.3 is 10.0 Å². The molecule has 0 aliphatic rings. The van der Waals surface area contributed by atoms with Crippen molar-refractivity contribution in [3.63, 3.8) is 0 Å². The highest BCUT2D eigenvalue weighted by Gasteiger charge is 2.06. The molecule has 19 heavy (non-hydrogen) atoms. The van der Waals surface area contributed by atoms with Crippen LogP contribution >= 0.6 is 0 Å². The standard InChI is InChI=1S/C14H15N3O2/c1-17(10-9-14(18)19)13-8-7-12(15-16-13)11-5-3-2-4-6-11/h2-8H,9-10H2,1H3,(H,18,19). The SMILES string of the molecule is CN(CCC(=O)O)c1ccc(-c2ccccc2)nn1. The second kappa shape index (κ2) is 5.95. The fraction of sp³-hybridized carbons (Fsp3) is 0.214. The molecular formula is C14H15N3O2. The summed E-state index contributed by atoms with van der Waals surface area (Å²) < 4.78 is 0. The first-order valence-electron chi connectivity index (χ1n) is 5.99. The zero-order valence-corrected chi connectivity index (χ0v) is 10.7. The van der Waals surface area contributed by atoms with Crippen LogP contribution in [0.4, 0.5) is 5.82 Å². The van der Waals surface area contributed by atoms with Crippen molar-refractivity contribution >= 4 is 11.8 Å². The first-order valence-corrected chi connectivity index (χ1v) is 5.99. The summed E-state index contributed by atoms with van der Waals surface area (Å²) in [5, 5.41) is 16.9. The van der Waals surface area contributed by atoms with Crippen LogP contribution in [0.5, 0.6) is 0 Å². The third-order valence-electron chi connectivity index (χ3n) is 2.77. The van der Waals surface area contributed by atoms with Gasteiger partial charge >= 0.3 is 5.97 Å². The largest absolute Gasteiger partial charge is 0.481 e. The van der Waals surface area contributed by atoms with E-state index in [2.05, 4.69) is 10.2 Å². The molecule has 1 heterocycles. The van der Waals surface area contributed by atoms with E-state index in [-0.39, 0.29) is 6.42 Å². The van der Waals surface area contributed by atoms with Gasteiger partial charge in [-0.15, -0.1) is 10.2 Å². The number of carboxylic acid groups (broad SMARTS) is 1. The molecule has 0 aliphatic heterocycles. The molecule has 1 aromatic heterocycles. The Hall–Kier alpha value is -2.43. The van der Waals surface area contributed by atoms with Crippen LogP contribution in [0.1, 0.15) is 6.42 Å². The molecule has 2 rings (SSSR count). The summed E-state index contributed by atoms with van der Waals surface area (Å²) >= 11 is 0. The molecule has 0 atom stereocenters. The van der Waals surface area contributed by atoms with Crippen LogP contribution in [-0.2, 0) is 4.79 Å². The summed E-state index contributed by atoms with van der Waals surface area (Å²) in [6.45, 7) is 0.411. The zero-order valence-electron chi connectivity index (χ0n) is 10.7. The van der Waals surface area contributed by atoms with Crippen LogP contribution in [-0.4, -0.2) is 34.9 Å². The number of rotatable bonds is 5. The van der Waals surface area contributed by atoms with Crippen LogP contribution in [0.15, 0.2) is 42.5 Å². The van der Waals surface area contributed by atoms with Crippen molar-refractivity contribution in [2.75, 3.05) is 18.5 Å². The van der Waals surface area contributed by atoms with Gasteiger partial charge in [-0.1, -0.05) is 30.3 Å². The van der Waals surface area contributed by atoms with E-state index in [9.17, 15) is 4.79 Å². The Kier molecular flexibility index (Phi) is 4.07. The highest BCUT2D eigenvalue weighted by Crippen LogP contribution is 2.17. The number of carboxylic acids is 1. The Bertz CT molecular complexity index is 540. The van der Waals surface area contributed by atoms with Crippen molar-refractivity contribution in [1.29, 1.82) is 0 Å². The molecule has 0 bridgehead atoms. The molecule has 0 radical (unpaired) electrons. The van der Waals surface area contributed by atoms with Crippen LogP contribution in [0.3, 0.4) is 0 Å². The third-order valence-corrected chi connectivity index (χ3v) is 2.77. The molecule has 0 fully saturated rings. The number of aliphatic carboxylic acids is 1. The van der Waals surface area contributed by atoms with E-state index in [1.807, 2.05) is 42.5 Å². The molecule has 0 amide bonds. The predicted molar refractivity (Wildman–Crippen MR) is 73.0 cm³/mol. The molecule has 0 unspecified atom stereocenters. The fourth-order valence-electron chi connectivity index (χ4n) is 1.67. The van der Waals surface area contributed by atoms with Crippen LogP contribution in [0.2, 0.25) is 0 Å². The molecule has 0 spiro atoms. The number of benzene rings is 1. The van der Waals surface area contributed by atoms with Gasteiger partial charge in [-0.2, -0.15) is 0 Å². The summed E-state index contributed by atoms with van der Waals surface area (Å²) in [5.74, 6) is -0.151. The topological polar surface area (TPSA) is 66.3 Å². The van der Waals surface area contributed by atoms with E-state index >= 15 is 0 Å². The summed E-state index contributed by atoms with van der Waals surface area (Å²) in [4.78, 5) is 12.3. The van der Waals surface area contributed by atoms with Gasteiger partial charge in [-0.05, 0) is 12.1 Å². The van der Waals surface area contributed by atoms with Gasteiger partial charge in [-0.25, -0.2) is 0 Å². The maximum absolute atomic E-state index is 10.5. The average Bonchev–Trinajstić information content (AvgIpc) is 2.46. The minimum Gasteiger partial charge on any atom is -0.481 e. The maximum atomic E-state index is 10.5. The van der Waals surface area contributed by atoms with E-state index < -0.39 is 5.97 Å². The molecule has 0 aliphatic carbocycles. The van der Waals surface area contributed by atoms with Crippen molar-refractivity contribution in [2.24, 2.45) is 0 Å². The molecule has 98 valence electrons. The monoisotopic (exact) mass is 257 g/mol. The van der Waals surface area contributed by atoms with E-state index in [1.165, 1.54) is 0 Å². The van der Waals surface area contributed by atoms with Crippen LogP contribution in [0, 0.1) is 0 Å².